The van der Waals surface area contributed by atoms with Crippen molar-refractivity contribution in [3.05, 3.63) is 72.2 Å². The predicted molar refractivity (Wildman–Crippen MR) is 135 cm³/mol. The molecule has 2 N–H and O–H groups in total. The van der Waals surface area contributed by atoms with Crippen molar-refractivity contribution in [2.75, 3.05) is 11.9 Å². The molecule has 6 rings (SSSR count). The normalized spacial score (nSPS) is 15.9. The minimum atomic E-state index is -0.212. The molecule has 8 nitrogen and oxygen atoms in total. The summed E-state index contributed by atoms with van der Waals surface area (Å²) in [5, 5.41) is 8.29. The zero-order chi connectivity index (χ0) is 23.9. The van der Waals surface area contributed by atoms with Crippen LogP contribution in [0.3, 0.4) is 0 Å². The van der Waals surface area contributed by atoms with Crippen LogP contribution in [0.2, 0.25) is 0 Å². The average molecular weight is 467 g/mol. The quantitative estimate of drug-likeness (QED) is 0.348. The number of nitrogens with zero attached hydrogens (tertiary/aromatic N) is 4. The lowest BCUT2D eigenvalue weighted by Crippen LogP contribution is -2.13. The number of rotatable bonds is 5. The molecule has 2 aromatic carbocycles. The van der Waals surface area contributed by atoms with Gasteiger partial charge in [-0.05, 0) is 51.0 Å². The first-order chi connectivity index (χ1) is 17.1. The molecule has 5 aromatic rings. The van der Waals surface area contributed by atoms with Gasteiger partial charge in [0.25, 0.3) is 5.91 Å². The van der Waals surface area contributed by atoms with E-state index in [9.17, 15) is 4.79 Å². The number of benzene rings is 2. The molecule has 3 aromatic heterocycles. The topological polar surface area (TPSA) is 97.7 Å². The van der Waals surface area contributed by atoms with Crippen LogP contribution >= 0.6 is 0 Å². The van der Waals surface area contributed by atoms with Crippen LogP contribution < -0.4 is 5.32 Å². The lowest BCUT2D eigenvalue weighted by molar-refractivity contribution is 0.102. The molecule has 0 saturated carbocycles. The van der Waals surface area contributed by atoms with Crippen LogP contribution in [0.15, 0.2) is 60.8 Å². The molecular formula is C27H26N6O2. The number of carbonyl (C=O) groups is 1. The molecular weight excluding hydrogens is 440 g/mol. The van der Waals surface area contributed by atoms with Gasteiger partial charge < -0.3 is 15.0 Å². The van der Waals surface area contributed by atoms with E-state index in [2.05, 4.69) is 20.4 Å². The lowest BCUT2D eigenvalue weighted by Gasteiger charge is -2.11. The zero-order valence-electron chi connectivity index (χ0n) is 19.7. The fraction of sp³-hybridized carbons (Fsp3) is 0.259. The highest BCUT2D eigenvalue weighted by atomic mass is 16.5. The van der Waals surface area contributed by atoms with E-state index in [1.54, 1.807) is 6.20 Å². The van der Waals surface area contributed by atoms with Crippen molar-refractivity contribution in [2.24, 2.45) is 0 Å². The van der Waals surface area contributed by atoms with Gasteiger partial charge in [0.15, 0.2) is 5.65 Å². The number of imidazole rings is 1. The number of hydrogen-bond acceptors (Lipinski definition) is 5. The highest BCUT2D eigenvalue weighted by molar-refractivity contribution is 6.13. The first kappa shape index (κ1) is 21.5. The summed E-state index contributed by atoms with van der Waals surface area (Å²) in [5.74, 6) is 0.626. The standard InChI is InChI=1S/C27H26N6O2/c1-16(2)33-26-20(15-28-33)19(14-22(32-26)17-7-4-3-5-8-17)27(34)29-18-10-11-21-23(13-18)31-25(30-21)24-9-6-12-35-24/h3-5,7-8,10-11,13-16,24H,6,9,12H2,1-2H3,(H,29,34)(H,30,31). The van der Waals surface area contributed by atoms with Crippen LogP contribution in [0.4, 0.5) is 5.69 Å². The summed E-state index contributed by atoms with van der Waals surface area (Å²) >= 11 is 0. The van der Waals surface area contributed by atoms with Crippen molar-refractivity contribution in [1.82, 2.24) is 24.7 Å². The van der Waals surface area contributed by atoms with Gasteiger partial charge in [-0.2, -0.15) is 5.10 Å². The fourth-order valence-electron chi connectivity index (χ4n) is 4.59. The van der Waals surface area contributed by atoms with E-state index in [1.165, 1.54) is 0 Å². The second-order valence-electron chi connectivity index (χ2n) is 9.15. The molecule has 1 aliphatic heterocycles. The summed E-state index contributed by atoms with van der Waals surface area (Å²) in [7, 11) is 0. The number of fused-ring (bicyclic) bond motifs is 2. The summed E-state index contributed by atoms with van der Waals surface area (Å²) in [6, 6.07) is 17.5. The highest BCUT2D eigenvalue weighted by Crippen LogP contribution is 2.30. The van der Waals surface area contributed by atoms with E-state index in [4.69, 9.17) is 9.72 Å². The Labute approximate surface area is 202 Å². The monoisotopic (exact) mass is 466 g/mol. The average Bonchev–Trinajstić information content (AvgIpc) is 3.62. The number of amides is 1. The number of pyridine rings is 1. The molecule has 0 spiro atoms. The van der Waals surface area contributed by atoms with Gasteiger partial charge in [-0.25, -0.2) is 14.6 Å². The number of aromatic amines is 1. The molecule has 1 fully saturated rings. The Morgan fingerprint density at radius 2 is 2.00 bits per heavy atom. The molecule has 1 aliphatic rings. The SMILES string of the molecule is CC(C)n1ncc2c(C(=O)Nc3ccc4nc(C5CCCO5)[nH]c4c3)cc(-c3ccccc3)nc21. The van der Waals surface area contributed by atoms with Crippen LogP contribution in [0.25, 0.3) is 33.3 Å². The van der Waals surface area contributed by atoms with Crippen molar-refractivity contribution in [3.8, 4) is 11.3 Å². The van der Waals surface area contributed by atoms with Gasteiger partial charge >= 0.3 is 0 Å². The predicted octanol–water partition coefficient (Wildman–Crippen LogP) is 5.66. The summed E-state index contributed by atoms with van der Waals surface area (Å²) in [6.07, 6.45) is 3.74. The number of aromatic nitrogens is 5. The van der Waals surface area contributed by atoms with Gasteiger partial charge in [0.1, 0.15) is 11.9 Å². The first-order valence-corrected chi connectivity index (χ1v) is 11.9. The Kier molecular flexibility index (Phi) is 5.30. The first-order valence-electron chi connectivity index (χ1n) is 11.9. The van der Waals surface area contributed by atoms with Gasteiger partial charge in [0.2, 0.25) is 0 Å². The van der Waals surface area contributed by atoms with E-state index >= 15 is 0 Å². The highest BCUT2D eigenvalue weighted by Gasteiger charge is 2.22. The number of anilines is 1. The molecule has 35 heavy (non-hydrogen) atoms. The van der Waals surface area contributed by atoms with E-state index in [0.29, 0.717) is 16.9 Å². The third-order valence-electron chi connectivity index (χ3n) is 6.36. The fourth-order valence-corrected chi connectivity index (χ4v) is 4.59. The van der Waals surface area contributed by atoms with Crippen LogP contribution in [0, 0.1) is 0 Å². The Morgan fingerprint density at radius 3 is 2.77 bits per heavy atom. The lowest BCUT2D eigenvalue weighted by atomic mass is 10.1. The van der Waals surface area contributed by atoms with Crippen molar-refractivity contribution < 1.29 is 9.53 Å². The molecule has 1 unspecified atom stereocenters. The van der Waals surface area contributed by atoms with Crippen molar-refractivity contribution in [3.63, 3.8) is 0 Å². The van der Waals surface area contributed by atoms with E-state index in [0.717, 1.165) is 52.9 Å². The van der Waals surface area contributed by atoms with Crippen LogP contribution in [0.1, 0.15) is 55.0 Å². The maximum Gasteiger partial charge on any atom is 0.256 e. The summed E-state index contributed by atoms with van der Waals surface area (Å²) in [4.78, 5) is 26.4. The molecule has 0 aliphatic carbocycles. The smallest absolute Gasteiger partial charge is 0.256 e. The zero-order valence-corrected chi connectivity index (χ0v) is 19.7. The third-order valence-corrected chi connectivity index (χ3v) is 6.36. The van der Waals surface area contributed by atoms with Gasteiger partial charge in [-0.15, -0.1) is 0 Å². The van der Waals surface area contributed by atoms with E-state index in [-0.39, 0.29) is 18.1 Å². The van der Waals surface area contributed by atoms with Crippen molar-refractivity contribution >= 4 is 33.7 Å². The number of hydrogen-bond donors (Lipinski definition) is 2. The van der Waals surface area contributed by atoms with Gasteiger partial charge in [-0.1, -0.05) is 30.3 Å². The summed E-state index contributed by atoms with van der Waals surface area (Å²) < 4.78 is 7.60. The maximum absolute atomic E-state index is 13.5. The van der Waals surface area contributed by atoms with E-state index < -0.39 is 0 Å². The number of carbonyl (C=O) groups excluding carboxylic acids is 1. The second kappa shape index (κ2) is 8.63. The Hall–Kier alpha value is -4.04. The van der Waals surface area contributed by atoms with Crippen LogP contribution in [-0.2, 0) is 4.74 Å². The number of nitrogens with one attached hydrogen (secondary N) is 2. The third kappa shape index (κ3) is 3.95. The molecule has 0 bridgehead atoms. The minimum Gasteiger partial charge on any atom is -0.370 e. The van der Waals surface area contributed by atoms with Crippen molar-refractivity contribution in [2.45, 2.75) is 38.8 Å². The van der Waals surface area contributed by atoms with Gasteiger partial charge in [0.05, 0.1) is 33.9 Å². The number of ether oxygens (including phenoxy) is 1. The largest absolute Gasteiger partial charge is 0.370 e. The van der Waals surface area contributed by atoms with Gasteiger partial charge in [-0.3, -0.25) is 4.79 Å². The minimum absolute atomic E-state index is 0.0134. The second-order valence-corrected chi connectivity index (χ2v) is 9.15. The Morgan fingerprint density at radius 1 is 1.14 bits per heavy atom. The molecule has 1 atom stereocenters. The van der Waals surface area contributed by atoms with Crippen molar-refractivity contribution in [1.29, 1.82) is 0 Å². The summed E-state index contributed by atoms with van der Waals surface area (Å²) in [6.45, 7) is 4.86. The molecule has 176 valence electrons. The van der Waals surface area contributed by atoms with Crippen LogP contribution in [0.5, 0.6) is 0 Å². The Balaban J connectivity index is 1.37. The van der Waals surface area contributed by atoms with E-state index in [1.807, 2.05) is 73.1 Å². The summed E-state index contributed by atoms with van der Waals surface area (Å²) in [5.41, 5.74) is 5.31. The molecule has 1 saturated heterocycles. The van der Waals surface area contributed by atoms with Crippen LogP contribution in [-0.4, -0.2) is 37.2 Å². The molecule has 1 amide bonds. The maximum atomic E-state index is 13.5. The number of H-pyrrole nitrogens is 1. The molecule has 8 heteroatoms. The Bertz CT molecular complexity index is 1530. The van der Waals surface area contributed by atoms with Gasteiger partial charge in [0, 0.05) is 23.9 Å². The molecule has 4 heterocycles. The molecule has 0 radical (unpaired) electrons.